The number of rotatable bonds is 3. The molecule has 256 valence electrons. The summed E-state index contributed by atoms with van der Waals surface area (Å²) < 4.78 is 2.09. The van der Waals surface area contributed by atoms with Gasteiger partial charge in [-0.15, -0.1) is 0 Å². The predicted octanol–water partition coefficient (Wildman–Crippen LogP) is 12.5. The average molecular weight is 700 g/mol. The summed E-state index contributed by atoms with van der Waals surface area (Å²) in [5.74, 6) is 0. The minimum absolute atomic E-state index is 0.345. The van der Waals surface area contributed by atoms with Crippen LogP contribution >= 0.6 is 0 Å². The van der Waals surface area contributed by atoms with E-state index in [0.717, 1.165) is 50.8 Å². The average Bonchev–Trinajstić information content (AvgIpc) is 3.79. The van der Waals surface area contributed by atoms with Crippen molar-refractivity contribution >= 4 is 38.7 Å². The molecule has 55 heavy (non-hydrogen) atoms. The van der Waals surface area contributed by atoms with Crippen LogP contribution in [-0.4, -0.2) is 14.4 Å². The second kappa shape index (κ2) is 11.4. The Morgan fingerprint density at radius 2 is 1.15 bits per heavy atom. The molecule has 0 aliphatic heterocycles. The van der Waals surface area contributed by atoms with Crippen molar-refractivity contribution in [3.05, 3.63) is 222 Å². The lowest BCUT2D eigenvalue weighted by Crippen LogP contribution is -2.25. The number of fused-ring (bicyclic) bond motifs is 15. The van der Waals surface area contributed by atoms with Crippen LogP contribution in [-0.2, 0) is 5.41 Å². The predicted molar refractivity (Wildman–Crippen MR) is 226 cm³/mol. The smallest absolute Gasteiger partial charge is 0.165 e. The first-order valence-electron chi connectivity index (χ1n) is 19.1. The monoisotopic (exact) mass is 699 g/mol. The third-order valence-corrected chi connectivity index (χ3v) is 12.1. The lowest BCUT2D eigenvalue weighted by atomic mass is 9.70. The Kier molecular flexibility index (Phi) is 6.32. The summed E-state index contributed by atoms with van der Waals surface area (Å²) >= 11 is 0. The molecule has 12 rings (SSSR count). The van der Waals surface area contributed by atoms with E-state index in [1.54, 1.807) is 0 Å². The molecule has 0 saturated carbocycles. The van der Waals surface area contributed by atoms with Crippen LogP contribution < -0.4 is 0 Å². The van der Waals surface area contributed by atoms with Crippen molar-refractivity contribution in [3.8, 4) is 33.5 Å². The van der Waals surface area contributed by atoms with E-state index in [1.165, 1.54) is 61.2 Å². The second-order valence-corrected chi connectivity index (χ2v) is 14.9. The molecule has 6 aromatic carbocycles. The topological polar surface area (TPSA) is 30.2 Å². The van der Waals surface area contributed by atoms with Crippen LogP contribution in [0, 0.1) is 0 Å². The molecular weight excluding hydrogens is 667 g/mol. The highest BCUT2D eigenvalue weighted by molar-refractivity contribution is 6.09. The van der Waals surface area contributed by atoms with E-state index in [1.807, 2.05) is 24.4 Å². The summed E-state index contributed by atoms with van der Waals surface area (Å²) in [6.07, 6.45) is 12.1. The first-order chi connectivity index (χ1) is 27.3. The van der Waals surface area contributed by atoms with Crippen molar-refractivity contribution in [2.75, 3.05) is 0 Å². The van der Waals surface area contributed by atoms with E-state index >= 15 is 0 Å². The van der Waals surface area contributed by atoms with Crippen LogP contribution in [0.15, 0.2) is 188 Å². The van der Waals surface area contributed by atoms with Crippen LogP contribution in [0.1, 0.15) is 39.8 Å². The highest BCUT2D eigenvalue weighted by Crippen LogP contribution is 2.62. The zero-order valence-corrected chi connectivity index (χ0v) is 29.9. The Balaban J connectivity index is 0.972. The Morgan fingerprint density at radius 1 is 0.491 bits per heavy atom. The van der Waals surface area contributed by atoms with Crippen molar-refractivity contribution < 1.29 is 0 Å². The normalized spacial score (nSPS) is 14.8. The summed E-state index contributed by atoms with van der Waals surface area (Å²) in [4.78, 5) is 10.2. The molecule has 3 heteroatoms. The zero-order chi connectivity index (χ0) is 36.1. The molecule has 0 unspecified atom stereocenters. The molecule has 1 spiro atoms. The standard InChI is InChI=1S/C52H33N3/c1-2-21-43-42(20-1)49(54-51-50(43)53-48-25-9-10-30-55(48)51)37-16-12-15-35(31-37)33-13-11-14-34(27-26-33)36-28-29-41-40-19-5-8-24-46(40)52(47(41)32-36)44-22-6-3-17-38(44)39-18-4-7-23-45(39)52/h1-13,15-32H,14H2. The fourth-order valence-electron chi connectivity index (χ4n) is 9.73. The van der Waals surface area contributed by atoms with Gasteiger partial charge in [-0.05, 0) is 97.5 Å². The fourth-order valence-corrected chi connectivity index (χ4v) is 9.73. The zero-order valence-electron chi connectivity index (χ0n) is 29.9. The summed E-state index contributed by atoms with van der Waals surface area (Å²) in [6, 6.07) is 57.6. The number of imidazole rings is 1. The lowest BCUT2D eigenvalue weighted by Gasteiger charge is -2.30. The van der Waals surface area contributed by atoms with Gasteiger partial charge in [0.25, 0.3) is 0 Å². The number of pyridine rings is 2. The Labute approximate surface area is 318 Å². The largest absolute Gasteiger partial charge is 0.284 e. The third-order valence-electron chi connectivity index (χ3n) is 12.1. The van der Waals surface area contributed by atoms with Crippen molar-refractivity contribution in [3.63, 3.8) is 0 Å². The van der Waals surface area contributed by atoms with Crippen LogP contribution in [0.2, 0.25) is 0 Å². The van der Waals surface area contributed by atoms with Gasteiger partial charge in [0.15, 0.2) is 5.65 Å². The Morgan fingerprint density at radius 3 is 1.91 bits per heavy atom. The molecule has 3 aliphatic rings. The van der Waals surface area contributed by atoms with Crippen molar-refractivity contribution in [1.82, 2.24) is 14.4 Å². The number of hydrogen-bond acceptors (Lipinski definition) is 2. The second-order valence-electron chi connectivity index (χ2n) is 14.9. The number of aromatic nitrogens is 3. The highest BCUT2D eigenvalue weighted by Gasteiger charge is 2.51. The number of benzene rings is 6. The molecule has 0 atom stereocenters. The highest BCUT2D eigenvalue weighted by atomic mass is 15.1. The summed E-state index contributed by atoms with van der Waals surface area (Å²) in [5.41, 5.74) is 20.1. The quantitative estimate of drug-likeness (QED) is 0.184. The Bertz CT molecular complexity index is 3130. The van der Waals surface area contributed by atoms with Gasteiger partial charge in [-0.25, -0.2) is 9.97 Å². The first kappa shape index (κ1) is 30.4. The van der Waals surface area contributed by atoms with E-state index in [-0.39, 0.29) is 5.41 Å². The van der Waals surface area contributed by atoms with Gasteiger partial charge in [0.1, 0.15) is 11.2 Å². The van der Waals surface area contributed by atoms with Gasteiger partial charge in [0.05, 0.1) is 11.1 Å². The maximum absolute atomic E-state index is 5.27. The molecule has 0 fully saturated rings. The van der Waals surface area contributed by atoms with E-state index < -0.39 is 0 Å². The van der Waals surface area contributed by atoms with Crippen molar-refractivity contribution in [2.24, 2.45) is 0 Å². The maximum Gasteiger partial charge on any atom is 0.165 e. The van der Waals surface area contributed by atoms with Gasteiger partial charge in [0, 0.05) is 22.5 Å². The molecule has 3 aliphatic carbocycles. The molecule has 0 amide bonds. The molecule has 0 bridgehead atoms. The molecule has 0 N–H and O–H groups in total. The summed E-state index contributed by atoms with van der Waals surface area (Å²) in [6.45, 7) is 0. The van der Waals surface area contributed by atoms with Crippen LogP contribution in [0.5, 0.6) is 0 Å². The van der Waals surface area contributed by atoms with E-state index in [9.17, 15) is 0 Å². The first-order valence-corrected chi connectivity index (χ1v) is 19.1. The van der Waals surface area contributed by atoms with Gasteiger partial charge in [-0.3, -0.25) is 4.40 Å². The third kappa shape index (κ3) is 4.21. The van der Waals surface area contributed by atoms with Gasteiger partial charge in [-0.1, -0.05) is 158 Å². The number of allylic oxidation sites excluding steroid dienone is 6. The summed E-state index contributed by atoms with van der Waals surface area (Å²) in [7, 11) is 0. The van der Waals surface area contributed by atoms with Crippen LogP contribution in [0.3, 0.4) is 0 Å². The minimum Gasteiger partial charge on any atom is -0.284 e. The summed E-state index contributed by atoms with van der Waals surface area (Å²) in [5, 5.41) is 2.22. The molecule has 0 saturated heterocycles. The van der Waals surface area contributed by atoms with Crippen molar-refractivity contribution in [1.29, 1.82) is 0 Å². The number of hydrogen-bond donors (Lipinski definition) is 0. The van der Waals surface area contributed by atoms with Gasteiger partial charge in [-0.2, -0.15) is 0 Å². The van der Waals surface area contributed by atoms with Gasteiger partial charge in [0.2, 0.25) is 0 Å². The Hall–Kier alpha value is -7.10. The minimum atomic E-state index is -0.345. The van der Waals surface area contributed by atoms with Crippen LogP contribution in [0.4, 0.5) is 0 Å². The fraction of sp³-hybridized carbons (Fsp3) is 0.0385. The lowest BCUT2D eigenvalue weighted by molar-refractivity contribution is 0.793. The molecule has 9 aromatic rings. The molecule has 0 radical (unpaired) electrons. The maximum atomic E-state index is 5.27. The van der Waals surface area contributed by atoms with E-state index in [2.05, 4.69) is 168 Å². The molecule has 3 nitrogen and oxygen atoms in total. The molecule has 3 heterocycles. The molecular formula is C52H33N3. The van der Waals surface area contributed by atoms with Gasteiger partial charge >= 0.3 is 0 Å². The molecule has 3 aromatic heterocycles. The van der Waals surface area contributed by atoms with E-state index in [4.69, 9.17) is 9.97 Å². The number of nitrogens with zero attached hydrogens (tertiary/aromatic N) is 3. The van der Waals surface area contributed by atoms with Crippen LogP contribution in [0.25, 0.3) is 72.2 Å². The van der Waals surface area contributed by atoms with E-state index in [0.29, 0.717) is 0 Å². The van der Waals surface area contributed by atoms with Gasteiger partial charge < -0.3 is 0 Å². The van der Waals surface area contributed by atoms with Crippen molar-refractivity contribution in [2.45, 2.75) is 11.8 Å². The SMILES string of the molecule is C1=CC(c2cccc(-c3nc4c(nc5ccccn54)c4ccccc34)c2)=CC=C(c2ccc3c(c2)C2(c4ccccc4-c4ccccc42)c2ccccc2-3)C1.